The number of aromatic nitrogens is 4. The zero-order valence-corrected chi connectivity index (χ0v) is 25.4. The molecule has 2 heterocycles. The van der Waals surface area contributed by atoms with Crippen LogP contribution in [0.3, 0.4) is 0 Å². The molecule has 0 saturated heterocycles. The van der Waals surface area contributed by atoms with Gasteiger partial charge in [0.2, 0.25) is 5.95 Å². The molecule has 5 aromatic carbocycles. The Morgan fingerprint density at radius 1 is 0.422 bits per heavy atom. The summed E-state index contributed by atoms with van der Waals surface area (Å²) < 4.78 is 2.17. The van der Waals surface area contributed by atoms with E-state index in [1.165, 1.54) is 0 Å². The Bertz CT molecular complexity index is 2220. The van der Waals surface area contributed by atoms with Crippen LogP contribution in [0.2, 0.25) is 0 Å². The molecule has 0 unspecified atom stereocenters. The summed E-state index contributed by atoms with van der Waals surface area (Å²) in [6.45, 7) is 0. The summed E-state index contributed by atoms with van der Waals surface area (Å²) >= 11 is 3.64. The molecular formula is C33H14B7BrN4. The number of hydrogen-bond donors (Lipinski definition) is 0. The van der Waals surface area contributed by atoms with Crippen molar-refractivity contribution >= 4 is 131 Å². The molecule has 0 atom stereocenters. The van der Waals surface area contributed by atoms with Crippen LogP contribution in [0.1, 0.15) is 0 Å². The van der Waals surface area contributed by atoms with Crippen molar-refractivity contribution in [2.75, 3.05) is 0 Å². The standard InChI is InChI=1S/C33H14B7BrN4/c34-21-19-20-22(35)24(37)26(39)28(41)30(20)45(29(19)27(40)25(38)23(21)36)33-43-31(17-9-5-2-6-10-17)42-32(44-33)18-13-11-16(12-14-18)15-7-3-1-4-8-15/h1-14H. The highest BCUT2D eigenvalue weighted by atomic mass is 79.9. The molecule has 0 N–H and O–H groups in total. The summed E-state index contributed by atoms with van der Waals surface area (Å²) in [4.78, 5) is 14.8. The van der Waals surface area contributed by atoms with E-state index in [0.29, 0.717) is 37.9 Å². The monoisotopic (exact) mass is 622 g/mol. The highest BCUT2D eigenvalue weighted by Gasteiger charge is 2.25. The lowest BCUT2D eigenvalue weighted by Crippen LogP contribution is -2.48. The fourth-order valence-corrected chi connectivity index (χ4v) is 6.18. The Balaban J connectivity index is 1.58. The minimum Gasteiger partial charge on any atom is -0.277 e. The minimum absolute atomic E-state index is 0.119. The second-order valence-electron chi connectivity index (χ2n) is 10.6. The molecular weight excluding hydrogens is 608 g/mol. The Hall–Kier alpha value is -4.16. The van der Waals surface area contributed by atoms with E-state index < -0.39 is 0 Å². The van der Waals surface area contributed by atoms with Crippen LogP contribution in [0, 0.1) is 0 Å². The van der Waals surface area contributed by atoms with Crippen molar-refractivity contribution < 1.29 is 0 Å². The molecule has 0 aliphatic carbocycles. The second kappa shape index (κ2) is 11.3. The maximum absolute atomic E-state index is 6.67. The molecule has 7 rings (SSSR count). The zero-order valence-electron chi connectivity index (χ0n) is 23.8. The lowest BCUT2D eigenvalue weighted by atomic mass is 9.64. The third kappa shape index (κ3) is 4.73. The average molecular weight is 622 g/mol. The van der Waals surface area contributed by atoms with E-state index >= 15 is 0 Å². The molecule has 7 aromatic rings. The Kier molecular flexibility index (Phi) is 7.44. The fourth-order valence-electron chi connectivity index (χ4n) is 5.59. The van der Waals surface area contributed by atoms with Crippen molar-refractivity contribution in [3.63, 3.8) is 0 Å². The Morgan fingerprint density at radius 2 is 0.844 bits per heavy atom. The number of fused-ring (bicyclic) bond motifs is 3. The summed E-state index contributed by atoms with van der Waals surface area (Å²) in [5.74, 6) is 1.08. The van der Waals surface area contributed by atoms with Gasteiger partial charge in [-0.05, 0) is 32.4 Å². The van der Waals surface area contributed by atoms with Gasteiger partial charge in [-0.1, -0.05) is 107 Å². The Labute approximate surface area is 278 Å². The Morgan fingerprint density at radius 3 is 1.42 bits per heavy atom. The van der Waals surface area contributed by atoms with Crippen LogP contribution < -0.4 is 38.2 Å². The molecule has 194 valence electrons. The first-order valence-corrected chi connectivity index (χ1v) is 14.7. The van der Waals surface area contributed by atoms with E-state index in [1.807, 2.05) is 72.8 Å². The molecule has 0 fully saturated rings. The highest BCUT2D eigenvalue weighted by molar-refractivity contribution is 9.10. The third-order valence-electron chi connectivity index (χ3n) is 7.97. The molecule has 0 aliphatic rings. The molecule has 0 amide bonds. The normalized spacial score (nSPS) is 11.4. The van der Waals surface area contributed by atoms with Crippen molar-refractivity contribution in [1.82, 2.24) is 19.5 Å². The molecule has 0 saturated carbocycles. The average Bonchev–Trinajstić information content (AvgIpc) is 3.45. The van der Waals surface area contributed by atoms with Crippen molar-refractivity contribution in [2.45, 2.75) is 0 Å². The summed E-state index contributed by atoms with van der Waals surface area (Å²) in [5.41, 5.74) is 5.84. The van der Waals surface area contributed by atoms with Crippen LogP contribution in [0.4, 0.5) is 0 Å². The van der Waals surface area contributed by atoms with Gasteiger partial charge < -0.3 is 0 Å². The summed E-state index contributed by atoms with van der Waals surface area (Å²) in [6, 6.07) is 27.7. The lowest BCUT2D eigenvalue weighted by Gasteiger charge is -2.16. The summed E-state index contributed by atoms with van der Waals surface area (Å²) in [6.07, 6.45) is 0. The predicted octanol–water partition coefficient (Wildman–Crippen LogP) is 0.289. The lowest BCUT2D eigenvalue weighted by molar-refractivity contribution is 0.954. The maximum Gasteiger partial charge on any atom is 0.238 e. The van der Waals surface area contributed by atoms with E-state index in [9.17, 15) is 0 Å². The van der Waals surface area contributed by atoms with Gasteiger partial charge >= 0.3 is 0 Å². The van der Waals surface area contributed by atoms with Crippen LogP contribution in [0.25, 0.3) is 61.7 Å². The van der Waals surface area contributed by atoms with Crippen molar-refractivity contribution in [3.8, 4) is 39.9 Å². The summed E-state index contributed by atoms with van der Waals surface area (Å²) in [5, 5.41) is 0.935. The van der Waals surface area contributed by atoms with E-state index in [-0.39, 0.29) is 44.2 Å². The van der Waals surface area contributed by atoms with Crippen molar-refractivity contribution in [3.05, 3.63) is 89.4 Å². The number of hydrogen-bond acceptors (Lipinski definition) is 3. The van der Waals surface area contributed by atoms with Crippen LogP contribution in [0.5, 0.6) is 0 Å². The topological polar surface area (TPSA) is 43.6 Å². The van der Waals surface area contributed by atoms with Gasteiger partial charge in [-0.2, -0.15) is 9.97 Å². The molecule has 0 aliphatic heterocycles. The molecule has 12 heteroatoms. The molecule has 14 radical (unpaired) electrons. The number of halogens is 1. The van der Waals surface area contributed by atoms with Gasteiger partial charge in [0.15, 0.2) is 11.6 Å². The molecule has 0 bridgehead atoms. The van der Waals surface area contributed by atoms with Crippen LogP contribution in [-0.2, 0) is 0 Å². The van der Waals surface area contributed by atoms with Gasteiger partial charge in [0.25, 0.3) is 0 Å². The van der Waals surface area contributed by atoms with E-state index in [2.05, 4.69) is 28.1 Å². The highest BCUT2D eigenvalue weighted by Crippen LogP contribution is 2.32. The summed E-state index contributed by atoms with van der Waals surface area (Å²) in [7, 11) is 45.3. The van der Waals surface area contributed by atoms with Gasteiger partial charge in [-0.25, -0.2) is 4.98 Å². The van der Waals surface area contributed by atoms with Gasteiger partial charge in [0.05, 0.1) is 5.52 Å². The smallest absolute Gasteiger partial charge is 0.238 e. The van der Waals surface area contributed by atoms with Gasteiger partial charge in [0, 0.05) is 26.5 Å². The number of rotatable bonds is 4. The first-order chi connectivity index (χ1) is 21.7. The van der Waals surface area contributed by atoms with Crippen LogP contribution in [-0.4, -0.2) is 74.4 Å². The van der Waals surface area contributed by atoms with Gasteiger partial charge in [-0.15, -0.1) is 16.4 Å². The minimum atomic E-state index is 0.119. The van der Waals surface area contributed by atoms with Crippen LogP contribution in [0.15, 0.2) is 89.4 Å². The number of nitrogens with zero attached hydrogens (tertiary/aromatic N) is 4. The third-order valence-corrected chi connectivity index (χ3v) is 8.77. The SMILES string of the molecule is [B]c1c([B])c([B])c2c(c1[B])c1c([B])c([B])c([B])c(Br)c1n2-c1nc(-c2ccccc2)nc(-c2ccc(-c3ccccc3)cc2)n1. The van der Waals surface area contributed by atoms with Gasteiger partial charge in [0.1, 0.15) is 54.9 Å². The first-order valence-electron chi connectivity index (χ1n) is 13.9. The molecule has 4 nitrogen and oxygen atoms in total. The quantitative estimate of drug-likeness (QED) is 0.266. The fraction of sp³-hybridized carbons (Fsp3) is 0. The van der Waals surface area contributed by atoms with Crippen molar-refractivity contribution in [2.24, 2.45) is 0 Å². The van der Waals surface area contributed by atoms with Gasteiger partial charge in [-0.3, -0.25) is 4.57 Å². The first kappa shape index (κ1) is 29.5. The van der Waals surface area contributed by atoms with Crippen molar-refractivity contribution in [1.29, 1.82) is 0 Å². The van der Waals surface area contributed by atoms with E-state index in [4.69, 9.17) is 69.9 Å². The molecule has 0 spiro atoms. The van der Waals surface area contributed by atoms with E-state index in [0.717, 1.165) is 22.3 Å². The predicted molar refractivity (Wildman–Crippen MR) is 196 cm³/mol. The zero-order chi connectivity index (χ0) is 31.6. The largest absolute Gasteiger partial charge is 0.277 e. The second-order valence-corrected chi connectivity index (χ2v) is 11.4. The van der Waals surface area contributed by atoms with E-state index in [1.54, 1.807) is 4.57 Å². The molecule has 2 aromatic heterocycles. The molecule has 45 heavy (non-hydrogen) atoms. The maximum atomic E-state index is 6.67. The number of benzene rings is 5. The van der Waals surface area contributed by atoms with Crippen LogP contribution >= 0.6 is 15.9 Å².